The first kappa shape index (κ1) is 22.8. The summed E-state index contributed by atoms with van der Waals surface area (Å²) in [5.74, 6) is -0.155. The number of ether oxygens (including phenoxy) is 1. The van der Waals surface area contributed by atoms with Gasteiger partial charge in [0.25, 0.3) is 11.6 Å². The average molecular weight is 489 g/mol. The molecule has 168 valence electrons. The van der Waals surface area contributed by atoms with Crippen LogP contribution in [0.4, 0.5) is 11.4 Å². The molecule has 2 heterocycles. The van der Waals surface area contributed by atoms with Crippen LogP contribution in [0.2, 0.25) is 0 Å². The molecule has 0 fully saturated rings. The van der Waals surface area contributed by atoms with E-state index in [1.54, 1.807) is 24.3 Å². The highest BCUT2D eigenvalue weighted by atomic mass is 32.1. The summed E-state index contributed by atoms with van der Waals surface area (Å²) in [6, 6.07) is 18.9. The van der Waals surface area contributed by atoms with E-state index in [0.717, 1.165) is 10.6 Å². The van der Waals surface area contributed by atoms with Crippen molar-refractivity contribution in [1.82, 2.24) is 4.98 Å². The molecule has 0 saturated heterocycles. The largest absolute Gasteiger partial charge is 0.483 e. The Hall–Kier alpha value is -4.33. The second kappa shape index (κ2) is 10.5. The number of nitro groups is 1. The zero-order chi connectivity index (χ0) is 23.9. The van der Waals surface area contributed by atoms with Gasteiger partial charge in [-0.05, 0) is 35.7 Å². The number of amides is 1. The van der Waals surface area contributed by atoms with Crippen molar-refractivity contribution in [3.8, 4) is 22.4 Å². The normalized spacial score (nSPS) is 11.0. The number of non-ortho nitro benzene ring substituents is 1. The van der Waals surface area contributed by atoms with Crippen molar-refractivity contribution in [3.63, 3.8) is 0 Å². The summed E-state index contributed by atoms with van der Waals surface area (Å²) >= 11 is 2.84. The predicted molar refractivity (Wildman–Crippen MR) is 133 cm³/mol. The minimum atomic E-state index is -0.534. The Bertz CT molecular complexity index is 1390. The number of nitrogens with zero attached hydrogens (tertiary/aromatic N) is 3. The van der Waals surface area contributed by atoms with Gasteiger partial charge in [-0.2, -0.15) is 5.26 Å². The summed E-state index contributed by atoms with van der Waals surface area (Å²) in [6.45, 7) is -0.310. The molecule has 0 atom stereocenters. The fraction of sp³-hybridized carbons (Fsp3) is 0.0417. The number of hydrogen-bond donors (Lipinski definition) is 1. The van der Waals surface area contributed by atoms with Crippen LogP contribution in [0.25, 0.3) is 22.2 Å². The van der Waals surface area contributed by atoms with Gasteiger partial charge in [-0.15, -0.1) is 22.7 Å². The number of rotatable bonds is 8. The maximum absolute atomic E-state index is 12.3. The summed E-state index contributed by atoms with van der Waals surface area (Å²) in [4.78, 5) is 28.5. The number of allylic oxidation sites excluding steroid dienone is 1. The van der Waals surface area contributed by atoms with Gasteiger partial charge in [-0.25, -0.2) is 4.98 Å². The lowest BCUT2D eigenvalue weighted by Gasteiger charge is -2.10. The average Bonchev–Trinajstić information content (AvgIpc) is 3.54. The Balaban J connectivity index is 1.59. The van der Waals surface area contributed by atoms with Crippen molar-refractivity contribution in [2.75, 3.05) is 11.9 Å². The van der Waals surface area contributed by atoms with Crippen LogP contribution in [0.5, 0.6) is 5.75 Å². The van der Waals surface area contributed by atoms with Crippen molar-refractivity contribution in [2.45, 2.75) is 0 Å². The first-order valence-electron chi connectivity index (χ1n) is 9.91. The van der Waals surface area contributed by atoms with Crippen molar-refractivity contribution in [2.24, 2.45) is 0 Å². The van der Waals surface area contributed by atoms with Gasteiger partial charge >= 0.3 is 0 Å². The number of para-hydroxylation sites is 1. The lowest BCUT2D eigenvalue weighted by Crippen LogP contribution is -2.20. The van der Waals surface area contributed by atoms with Crippen molar-refractivity contribution in [3.05, 3.63) is 92.1 Å². The number of hydrogen-bond acceptors (Lipinski definition) is 8. The molecule has 2 aromatic carbocycles. The van der Waals surface area contributed by atoms with E-state index >= 15 is 0 Å². The number of carbonyl (C=O) groups is 1. The quantitative estimate of drug-likeness (QED) is 0.188. The molecule has 0 radical (unpaired) electrons. The molecule has 0 aliphatic rings. The highest BCUT2D eigenvalue weighted by Crippen LogP contribution is 2.32. The van der Waals surface area contributed by atoms with Gasteiger partial charge < -0.3 is 10.1 Å². The van der Waals surface area contributed by atoms with Gasteiger partial charge in [0.05, 0.1) is 21.1 Å². The number of thiazole rings is 1. The number of nitro benzene ring substituents is 1. The molecule has 0 aliphatic carbocycles. The third-order valence-corrected chi connectivity index (χ3v) is 6.32. The fourth-order valence-corrected chi connectivity index (χ4v) is 4.53. The third-order valence-electron chi connectivity index (χ3n) is 4.55. The van der Waals surface area contributed by atoms with Crippen molar-refractivity contribution < 1.29 is 14.5 Å². The van der Waals surface area contributed by atoms with Gasteiger partial charge in [-0.1, -0.05) is 24.3 Å². The predicted octanol–water partition coefficient (Wildman–Crippen LogP) is 5.86. The Labute approximate surface area is 202 Å². The standard InChI is InChI=1S/C24H16N4O4S2/c25-13-17(24-27-20(15-34-24)22-7-4-10-33-22)11-16-12-19(28(30)31)8-9-21(16)32-14-23(29)26-18-5-2-1-3-6-18/h1-12,15H,14H2,(H,26,29)/b17-11+. The van der Waals surface area contributed by atoms with Crippen LogP contribution in [-0.2, 0) is 4.79 Å². The van der Waals surface area contributed by atoms with E-state index in [0.29, 0.717) is 16.3 Å². The number of benzene rings is 2. The molecule has 1 amide bonds. The van der Waals surface area contributed by atoms with Crippen LogP contribution >= 0.6 is 22.7 Å². The second-order valence-electron chi connectivity index (χ2n) is 6.87. The summed E-state index contributed by atoms with van der Waals surface area (Å²) in [5.41, 5.74) is 1.74. The van der Waals surface area contributed by atoms with Crippen molar-refractivity contribution in [1.29, 1.82) is 5.26 Å². The Morgan fingerprint density at radius 1 is 1.18 bits per heavy atom. The van der Waals surface area contributed by atoms with Gasteiger partial charge in [0, 0.05) is 28.8 Å². The topological polar surface area (TPSA) is 118 Å². The van der Waals surface area contributed by atoms with Gasteiger partial charge in [-0.3, -0.25) is 14.9 Å². The highest BCUT2D eigenvalue weighted by molar-refractivity contribution is 7.14. The number of nitrogens with one attached hydrogen (secondary N) is 1. The maximum Gasteiger partial charge on any atom is 0.270 e. The fourth-order valence-electron chi connectivity index (χ4n) is 2.99. The summed E-state index contributed by atoms with van der Waals surface area (Å²) in [7, 11) is 0. The number of thiophene rings is 1. The summed E-state index contributed by atoms with van der Waals surface area (Å²) < 4.78 is 5.65. The van der Waals surface area contributed by atoms with Crippen LogP contribution in [0.15, 0.2) is 71.4 Å². The Morgan fingerprint density at radius 3 is 2.71 bits per heavy atom. The van der Waals surface area contributed by atoms with Crippen LogP contribution in [0.3, 0.4) is 0 Å². The summed E-state index contributed by atoms with van der Waals surface area (Å²) in [5, 5.41) is 28.0. The number of anilines is 1. The van der Waals surface area contributed by atoms with E-state index in [2.05, 4.69) is 16.4 Å². The Kier molecular flexibility index (Phi) is 7.07. The monoisotopic (exact) mass is 488 g/mol. The van der Waals surface area contributed by atoms with Gasteiger partial charge in [0.2, 0.25) is 0 Å². The molecule has 0 bridgehead atoms. The number of nitriles is 1. The van der Waals surface area contributed by atoms with Gasteiger partial charge in [0.15, 0.2) is 6.61 Å². The molecule has 4 aromatic rings. The highest BCUT2D eigenvalue weighted by Gasteiger charge is 2.15. The zero-order valence-electron chi connectivity index (χ0n) is 17.5. The summed E-state index contributed by atoms with van der Waals surface area (Å²) in [6.07, 6.45) is 1.48. The molecule has 0 spiro atoms. The second-order valence-corrected chi connectivity index (χ2v) is 8.67. The first-order valence-corrected chi connectivity index (χ1v) is 11.7. The first-order chi connectivity index (χ1) is 16.5. The lowest BCUT2D eigenvalue weighted by molar-refractivity contribution is -0.384. The number of carbonyl (C=O) groups excluding carboxylic acids is 1. The molecule has 4 rings (SSSR count). The van der Waals surface area contributed by atoms with E-state index in [9.17, 15) is 20.2 Å². The van der Waals surface area contributed by atoms with E-state index in [-0.39, 0.29) is 29.5 Å². The molecule has 8 nitrogen and oxygen atoms in total. The Morgan fingerprint density at radius 2 is 2.00 bits per heavy atom. The molecular formula is C24H16N4O4S2. The minimum Gasteiger partial charge on any atom is -0.483 e. The smallest absolute Gasteiger partial charge is 0.270 e. The van der Waals surface area contributed by atoms with E-state index in [1.807, 2.05) is 29.0 Å². The minimum absolute atomic E-state index is 0.164. The molecule has 0 aliphatic heterocycles. The van der Waals surface area contributed by atoms with Crippen molar-refractivity contribution >= 4 is 51.6 Å². The van der Waals surface area contributed by atoms with Crippen LogP contribution in [0, 0.1) is 21.4 Å². The van der Waals surface area contributed by atoms with E-state index in [4.69, 9.17) is 4.74 Å². The molecule has 34 heavy (non-hydrogen) atoms. The molecule has 10 heteroatoms. The molecule has 0 unspecified atom stereocenters. The SMILES string of the molecule is N#C/C(=C\c1cc([N+](=O)[O-])ccc1OCC(=O)Nc1ccccc1)c1nc(-c2cccs2)cs1. The maximum atomic E-state index is 12.3. The van der Waals surface area contributed by atoms with E-state index < -0.39 is 4.92 Å². The van der Waals surface area contributed by atoms with Crippen LogP contribution in [-0.4, -0.2) is 22.4 Å². The molecule has 1 N–H and O–H groups in total. The lowest BCUT2D eigenvalue weighted by atomic mass is 10.1. The number of aromatic nitrogens is 1. The van der Waals surface area contributed by atoms with Crippen LogP contribution < -0.4 is 10.1 Å². The van der Waals surface area contributed by atoms with Crippen LogP contribution in [0.1, 0.15) is 10.6 Å². The third kappa shape index (κ3) is 5.53. The van der Waals surface area contributed by atoms with Gasteiger partial charge in [0.1, 0.15) is 16.8 Å². The molecular weight excluding hydrogens is 472 g/mol. The molecule has 0 saturated carbocycles. The zero-order valence-corrected chi connectivity index (χ0v) is 19.1. The molecule has 2 aromatic heterocycles. The van der Waals surface area contributed by atoms with E-state index in [1.165, 1.54) is 46.9 Å².